The minimum absolute atomic E-state index is 0.103. The van der Waals surface area contributed by atoms with Crippen LogP contribution >= 0.6 is 0 Å². The predicted octanol–water partition coefficient (Wildman–Crippen LogP) is 17.6. The van der Waals surface area contributed by atoms with Crippen molar-refractivity contribution >= 4 is 5.91 Å². The van der Waals surface area contributed by atoms with Gasteiger partial charge in [-0.25, -0.2) is 0 Å². The lowest BCUT2D eigenvalue weighted by atomic mass is 10.0. The van der Waals surface area contributed by atoms with Crippen molar-refractivity contribution in [2.45, 2.75) is 270 Å². The molecule has 0 heterocycles. The predicted molar refractivity (Wildman–Crippen MR) is 276 cm³/mol. The van der Waals surface area contributed by atoms with E-state index >= 15 is 0 Å². The Morgan fingerprint density at radius 3 is 1.13 bits per heavy atom. The van der Waals surface area contributed by atoms with Crippen LogP contribution in [0.3, 0.4) is 0 Å². The Labute approximate surface area is 386 Å². The average molecular weight is 862 g/mol. The van der Waals surface area contributed by atoms with Gasteiger partial charge in [-0.2, -0.15) is 0 Å². The van der Waals surface area contributed by atoms with Crippen LogP contribution in [0.25, 0.3) is 0 Å². The van der Waals surface area contributed by atoms with Crippen LogP contribution < -0.4 is 5.32 Å². The van der Waals surface area contributed by atoms with Crippen molar-refractivity contribution in [2.75, 3.05) is 6.61 Å². The number of hydrogen-bond acceptors (Lipinski definition) is 3. The van der Waals surface area contributed by atoms with E-state index in [-0.39, 0.29) is 12.5 Å². The first-order valence-corrected chi connectivity index (χ1v) is 26.8. The largest absolute Gasteiger partial charge is 0.394 e. The summed E-state index contributed by atoms with van der Waals surface area (Å²) in [6, 6.07) is -0.664. The van der Waals surface area contributed by atoms with Gasteiger partial charge in [0, 0.05) is 6.42 Å². The summed E-state index contributed by atoms with van der Waals surface area (Å²) in [5, 5.41) is 23.0. The van der Waals surface area contributed by atoms with Crippen LogP contribution in [0.15, 0.2) is 85.1 Å². The number of unbranched alkanes of at least 4 members (excludes halogenated alkanes) is 29. The van der Waals surface area contributed by atoms with Crippen molar-refractivity contribution in [2.24, 2.45) is 0 Å². The molecule has 0 bridgehead atoms. The van der Waals surface area contributed by atoms with Crippen LogP contribution in [0, 0.1) is 0 Å². The van der Waals surface area contributed by atoms with E-state index in [9.17, 15) is 15.0 Å². The fraction of sp³-hybridized carbons (Fsp3) is 0.741. The number of allylic oxidation sites excluding steroid dienone is 13. The molecule has 0 saturated heterocycles. The lowest BCUT2D eigenvalue weighted by Crippen LogP contribution is -2.45. The van der Waals surface area contributed by atoms with E-state index in [1.165, 1.54) is 154 Å². The van der Waals surface area contributed by atoms with Gasteiger partial charge in [0.2, 0.25) is 5.91 Å². The highest BCUT2D eigenvalue weighted by atomic mass is 16.3. The standard InChI is InChI=1S/C58H103NO3/c1-3-5-7-9-11-13-15-17-19-21-22-23-24-25-26-27-28-29-30-31-32-33-34-35-36-38-39-41-43-45-47-49-51-53-57(61)56(55-60)59-58(62)54-52-50-48-46-44-42-40-37-20-18-16-14-12-10-8-6-4-2/h6,8,12,14,18,20,36,38,40,42-43,45,51,53,56-57,60-61H,3-5,7,9-11,13,15-17,19,21-35,37,39,41,44,46-50,52,54-55H2,1-2H3,(H,59,62)/b8-6-,14-12-,20-18-,38-36+,42-40-,45-43+,53-51+. The van der Waals surface area contributed by atoms with Crippen molar-refractivity contribution < 1.29 is 15.0 Å². The number of aliphatic hydroxyl groups excluding tert-OH is 2. The second-order valence-electron chi connectivity index (χ2n) is 17.9. The molecule has 0 saturated carbocycles. The molecule has 62 heavy (non-hydrogen) atoms. The first-order chi connectivity index (χ1) is 30.7. The zero-order valence-corrected chi connectivity index (χ0v) is 41.1. The van der Waals surface area contributed by atoms with Crippen LogP contribution in [0.5, 0.6) is 0 Å². The molecule has 0 rings (SSSR count). The molecular formula is C58H103NO3. The fourth-order valence-electron chi connectivity index (χ4n) is 7.79. The van der Waals surface area contributed by atoms with Crippen molar-refractivity contribution in [3.63, 3.8) is 0 Å². The summed E-state index contributed by atoms with van der Waals surface area (Å²) < 4.78 is 0. The number of rotatable bonds is 48. The van der Waals surface area contributed by atoms with Crippen LogP contribution in [-0.2, 0) is 4.79 Å². The molecule has 0 aromatic heterocycles. The molecule has 0 fully saturated rings. The number of amides is 1. The monoisotopic (exact) mass is 862 g/mol. The van der Waals surface area contributed by atoms with Crippen molar-refractivity contribution in [3.8, 4) is 0 Å². The molecule has 358 valence electrons. The molecule has 3 N–H and O–H groups in total. The molecule has 4 heteroatoms. The van der Waals surface area contributed by atoms with E-state index in [1.807, 2.05) is 6.08 Å². The zero-order valence-electron chi connectivity index (χ0n) is 41.1. The van der Waals surface area contributed by atoms with Gasteiger partial charge in [-0.15, -0.1) is 0 Å². The Bertz CT molecular complexity index is 1110. The summed E-state index contributed by atoms with van der Waals surface area (Å²) in [5.41, 5.74) is 0. The molecule has 0 aliphatic heterocycles. The van der Waals surface area contributed by atoms with Gasteiger partial charge in [0.05, 0.1) is 18.8 Å². The lowest BCUT2D eigenvalue weighted by Gasteiger charge is -2.19. The van der Waals surface area contributed by atoms with E-state index in [0.717, 1.165) is 83.5 Å². The highest BCUT2D eigenvalue weighted by Crippen LogP contribution is 2.16. The Morgan fingerprint density at radius 1 is 0.403 bits per heavy atom. The SMILES string of the molecule is CC/C=C\C/C=C\C/C=C\C/C=C\CCCCCCC(=O)NC(CO)C(O)/C=C/CC/C=C/CC/C=C/CCCCCCCCCCCCCCCCCCCCCCCCC. The molecule has 0 aromatic rings. The third-order valence-corrected chi connectivity index (χ3v) is 11.8. The van der Waals surface area contributed by atoms with Gasteiger partial charge in [0.25, 0.3) is 0 Å². The average Bonchev–Trinajstić information content (AvgIpc) is 3.28. The highest BCUT2D eigenvalue weighted by Gasteiger charge is 2.17. The minimum atomic E-state index is -0.887. The molecular weight excluding hydrogens is 759 g/mol. The van der Waals surface area contributed by atoms with Crippen molar-refractivity contribution in [3.05, 3.63) is 85.1 Å². The Balaban J connectivity index is 3.58. The van der Waals surface area contributed by atoms with E-state index in [4.69, 9.17) is 0 Å². The molecule has 0 aliphatic carbocycles. The van der Waals surface area contributed by atoms with Crippen LogP contribution in [0.2, 0.25) is 0 Å². The second kappa shape index (κ2) is 52.9. The summed E-state index contributed by atoms with van der Waals surface area (Å²) >= 11 is 0. The molecule has 2 atom stereocenters. The molecule has 1 amide bonds. The first-order valence-electron chi connectivity index (χ1n) is 26.8. The van der Waals surface area contributed by atoms with Crippen LogP contribution in [0.1, 0.15) is 258 Å². The molecule has 2 unspecified atom stereocenters. The second-order valence-corrected chi connectivity index (χ2v) is 17.9. The molecule has 0 radical (unpaired) electrons. The van der Waals surface area contributed by atoms with Gasteiger partial charge in [-0.3, -0.25) is 4.79 Å². The summed E-state index contributed by atoms with van der Waals surface area (Å²) in [6.07, 6.45) is 77.5. The summed E-state index contributed by atoms with van der Waals surface area (Å²) in [6.45, 7) is 4.18. The number of carbonyl (C=O) groups is 1. The normalized spacial score (nSPS) is 13.5. The zero-order chi connectivity index (χ0) is 44.9. The molecule has 0 spiro atoms. The molecule has 0 aliphatic rings. The smallest absolute Gasteiger partial charge is 0.220 e. The van der Waals surface area contributed by atoms with E-state index in [0.29, 0.717) is 6.42 Å². The van der Waals surface area contributed by atoms with E-state index in [1.54, 1.807) is 6.08 Å². The number of aliphatic hydroxyl groups is 2. The third kappa shape index (κ3) is 48.6. The minimum Gasteiger partial charge on any atom is -0.394 e. The number of nitrogens with one attached hydrogen (secondary N) is 1. The fourth-order valence-corrected chi connectivity index (χ4v) is 7.79. The van der Waals surface area contributed by atoms with E-state index < -0.39 is 12.1 Å². The first kappa shape index (κ1) is 59.6. The van der Waals surface area contributed by atoms with Crippen molar-refractivity contribution in [1.82, 2.24) is 5.32 Å². The Morgan fingerprint density at radius 2 is 0.726 bits per heavy atom. The topological polar surface area (TPSA) is 69.6 Å². The van der Waals surface area contributed by atoms with Gasteiger partial charge in [0.15, 0.2) is 0 Å². The maximum atomic E-state index is 12.4. The quantitative estimate of drug-likeness (QED) is 0.0422. The lowest BCUT2D eigenvalue weighted by molar-refractivity contribution is -0.123. The van der Waals surface area contributed by atoms with Gasteiger partial charge < -0.3 is 15.5 Å². The molecule has 0 aromatic carbocycles. The molecule has 4 nitrogen and oxygen atoms in total. The van der Waals surface area contributed by atoms with Gasteiger partial charge >= 0.3 is 0 Å². The third-order valence-electron chi connectivity index (χ3n) is 11.8. The maximum Gasteiger partial charge on any atom is 0.220 e. The van der Waals surface area contributed by atoms with Crippen LogP contribution in [-0.4, -0.2) is 34.9 Å². The van der Waals surface area contributed by atoms with Crippen molar-refractivity contribution in [1.29, 1.82) is 0 Å². The summed E-state index contributed by atoms with van der Waals surface area (Å²) in [5.74, 6) is -0.103. The number of carbonyl (C=O) groups excluding carboxylic acids is 1. The van der Waals surface area contributed by atoms with Gasteiger partial charge in [0.1, 0.15) is 0 Å². The Kier molecular flexibility index (Phi) is 50.8. The van der Waals surface area contributed by atoms with Gasteiger partial charge in [-0.05, 0) is 83.5 Å². The van der Waals surface area contributed by atoms with Gasteiger partial charge in [-0.1, -0.05) is 253 Å². The number of hydrogen-bond donors (Lipinski definition) is 3. The summed E-state index contributed by atoms with van der Waals surface area (Å²) in [4.78, 5) is 12.4. The Hall–Kier alpha value is -2.43. The summed E-state index contributed by atoms with van der Waals surface area (Å²) in [7, 11) is 0. The highest BCUT2D eigenvalue weighted by molar-refractivity contribution is 5.76. The van der Waals surface area contributed by atoms with Crippen LogP contribution in [0.4, 0.5) is 0 Å². The maximum absolute atomic E-state index is 12.4. The van der Waals surface area contributed by atoms with E-state index in [2.05, 4.69) is 92.1 Å².